The maximum absolute atomic E-state index is 12.2. The zero-order chi connectivity index (χ0) is 20.3. The Balaban J connectivity index is 3.75. The molecule has 2 amide bonds. The number of unbranched alkanes of at least 4 members (excludes halogenated alkanes) is 9. The van der Waals surface area contributed by atoms with Crippen LogP contribution in [0.3, 0.4) is 0 Å². The minimum absolute atomic E-state index is 0.194. The summed E-state index contributed by atoms with van der Waals surface area (Å²) in [6.45, 7) is 3.37. The van der Waals surface area contributed by atoms with Gasteiger partial charge in [-0.1, -0.05) is 64.7 Å². The highest BCUT2D eigenvalue weighted by atomic mass is 32.1. The van der Waals surface area contributed by atoms with Crippen LogP contribution < -0.4 is 22.1 Å². The van der Waals surface area contributed by atoms with E-state index in [-0.39, 0.29) is 17.6 Å². The largest absolute Gasteiger partial charge is 0.354 e. The van der Waals surface area contributed by atoms with Gasteiger partial charge in [-0.05, 0) is 25.8 Å². The van der Waals surface area contributed by atoms with Gasteiger partial charge in [-0.25, -0.2) is 0 Å². The van der Waals surface area contributed by atoms with Gasteiger partial charge in [-0.15, -0.1) is 0 Å². The van der Waals surface area contributed by atoms with Crippen molar-refractivity contribution in [2.75, 3.05) is 18.8 Å². The number of nitrogens with one attached hydrogen (secondary N) is 2. The first-order valence-corrected chi connectivity index (χ1v) is 11.3. The molecule has 0 saturated heterocycles. The Morgan fingerprint density at radius 3 is 1.96 bits per heavy atom. The summed E-state index contributed by atoms with van der Waals surface area (Å²) in [7, 11) is 0. The van der Waals surface area contributed by atoms with Crippen molar-refractivity contribution in [2.45, 2.75) is 96.1 Å². The van der Waals surface area contributed by atoms with Crippen LogP contribution in [0.5, 0.6) is 0 Å². The molecule has 0 radical (unpaired) electrons. The minimum atomic E-state index is -0.645. The van der Waals surface area contributed by atoms with E-state index in [1.807, 2.05) is 0 Å². The van der Waals surface area contributed by atoms with Gasteiger partial charge in [0.2, 0.25) is 11.8 Å². The lowest BCUT2D eigenvalue weighted by molar-refractivity contribution is -0.129. The SMILES string of the molecule is CCCCCCCCCCCCNC(=O)[C@H](CS)NC(=O)[C@H](N)CCCN. The quantitative estimate of drug-likeness (QED) is 0.179. The van der Waals surface area contributed by atoms with E-state index in [2.05, 4.69) is 30.2 Å². The molecule has 160 valence electrons. The first-order chi connectivity index (χ1) is 13.1. The van der Waals surface area contributed by atoms with Gasteiger partial charge >= 0.3 is 0 Å². The average Bonchev–Trinajstić information content (AvgIpc) is 2.67. The lowest BCUT2D eigenvalue weighted by atomic mass is 10.1. The van der Waals surface area contributed by atoms with E-state index in [4.69, 9.17) is 11.5 Å². The molecule has 0 aromatic heterocycles. The fourth-order valence-electron chi connectivity index (χ4n) is 2.89. The highest BCUT2D eigenvalue weighted by Gasteiger charge is 2.21. The Morgan fingerprint density at radius 2 is 1.44 bits per heavy atom. The van der Waals surface area contributed by atoms with Crippen molar-refractivity contribution in [3.05, 3.63) is 0 Å². The summed E-state index contributed by atoms with van der Waals surface area (Å²) in [6.07, 6.45) is 13.8. The van der Waals surface area contributed by atoms with Crippen molar-refractivity contribution >= 4 is 24.4 Å². The maximum Gasteiger partial charge on any atom is 0.243 e. The van der Waals surface area contributed by atoms with E-state index in [9.17, 15) is 9.59 Å². The molecule has 6 nitrogen and oxygen atoms in total. The van der Waals surface area contributed by atoms with Crippen LogP contribution in [0, 0.1) is 0 Å². The maximum atomic E-state index is 12.2. The second-order valence-electron chi connectivity index (χ2n) is 7.25. The molecular weight excluding hydrogens is 360 g/mol. The van der Waals surface area contributed by atoms with E-state index in [1.54, 1.807) is 0 Å². The van der Waals surface area contributed by atoms with Crippen LogP contribution in [0.2, 0.25) is 0 Å². The van der Waals surface area contributed by atoms with Crippen molar-refractivity contribution in [1.82, 2.24) is 10.6 Å². The highest BCUT2D eigenvalue weighted by Crippen LogP contribution is 2.10. The first-order valence-electron chi connectivity index (χ1n) is 10.7. The van der Waals surface area contributed by atoms with E-state index in [0.29, 0.717) is 25.9 Å². The van der Waals surface area contributed by atoms with E-state index >= 15 is 0 Å². The van der Waals surface area contributed by atoms with Gasteiger partial charge in [0.1, 0.15) is 6.04 Å². The number of hydrogen-bond donors (Lipinski definition) is 5. The topological polar surface area (TPSA) is 110 Å². The molecule has 0 aliphatic heterocycles. The lowest BCUT2D eigenvalue weighted by Crippen LogP contribution is -2.52. The van der Waals surface area contributed by atoms with Gasteiger partial charge in [-0.2, -0.15) is 12.6 Å². The summed E-state index contributed by atoms with van der Waals surface area (Å²) in [4.78, 5) is 24.2. The molecule has 0 aromatic rings. The second kappa shape index (κ2) is 18.6. The van der Waals surface area contributed by atoms with Crippen molar-refractivity contribution < 1.29 is 9.59 Å². The molecule has 0 aliphatic rings. The number of carbonyl (C=O) groups is 2. The standard InChI is InChI=1S/C20H42N4O2S/c1-2-3-4-5-6-7-8-9-10-11-15-23-20(26)18(16-27)24-19(25)17(22)13-12-14-21/h17-18,27H,2-16,21-22H2,1H3,(H,23,26)(H,24,25)/t17-,18+/m1/s1. The van der Waals surface area contributed by atoms with Crippen LogP contribution in [0.4, 0.5) is 0 Å². The summed E-state index contributed by atoms with van der Waals surface area (Å²) in [5.41, 5.74) is 11.2. The molecule has 0 fully saturated rings. The molecule has 6 N–H and O–H groups in total. The summed E-state index contributed by atoms with van der Waals surface area (Å²) in [6, 6.07) is -1.28. The molecule has 0 aromatic carbocycles. The number of rotatable bonds is 18. The van der Waals surface area contributed by atoms with E-state index in [0.717, 1.165) is 12.8 Å². The van der Waals surface area contributed by atoms with E-state index in [1.165, 1.54) is 51.4 Å². The molecule has 0 spiro atoms. The van der Waals surface area contributed by atoms with Crippen molar-refractivity contribution in [3.8, 4) is 0 Å². The number of amides is 2. The Bertz CT molecular complexity index is 383. The minimum Gasteiger partial charge on any atom is -0.354 e. The van der Waals surface area contributed by atoms with Gasteiger partial charge in [0, 0.05) is 12.3 Å². The number of hydrogen-bond acceptors (Lipinski definition) is 5. The Kier molecular flexibility index (Phi) is 18.0. The second-order valence-corrected chi connectivity index (χ2v) is 7.62. The van der Waals surface area contributed by atoms with Crippen LogP contribution in [0.15, 0.2) is 0 Å². The molecule has 2 atom stereocenters. The summed E-state index contributed by atoms with van der Waals surface area (Å²) >= 11 is 4.16. The van der Waals surface area contributed by atoms with Crippen LogP contribution in [0.25, 0.3) is 0 Å². The van der Waals surface area contributed by atoms with Gasteiger partial charge in [-0.3, -0.25) is 9.59 Å². The van der Waals surface area contributed by atoms with E-state index < -0.39 is 12.1 Å². The Hall–Kier alpha value is -0.790. The van der Waals surface area contributed by atoms with Crippen molar-refractivity contribution in [3.63, 3.8) is 0 Å². The third kappa shape index (κ3) is 14.9. The summed E-state index contributed by atoms with van der Waals surface area (Å²) < 4.78 is 0. The van der Waals surface area contributed by atoms with Crippen molar-refractivity contribution in [2.24, 2.45) is 11.5 Å². The number of thiol groups is 1. The van der Waals surface area contributed by atoms with Crippen LogP contribution in [0.1, 0.15) is 84.0 Å². The molecule has 0 unspecified atom stereocenters. The van der Waals surface area contributed by atoms with Crippen molar-refractivity contribution in [1.29, 1.82) is 0 Å². The first kappa shape index (κ1) is 26.2. The monoisotopic (exact) mass is 402 g/mol. The fraction of sp³-hybridized carbons (Fsp3) is 0.900. The predicted octanol–water partition coefficient (Wildman–Crippen LogP) is 2.50. The summed E-state index contributed by atoms with van der Waals surface area (Å²) in [5.74, 6) is -0.268. The molecule has 0 heterocycles. The molecule has 0 bridgehead atoms. The Morgan fingerprint density at radius 1 is 0.889 bits per heavy atom. The lowest BCUT2D eigenvalue weighted by Gasteiger charge is -2.19. The molecule has 7 heteroatoms. The van der Waals surface area contributed by atoms with Crippen LogP contribution >= 0.6 is 12.6 Å². The van der Waals surface area contributed by atoms with Crippen LogP contribution in [-0.4, -0.2) is 42.7 Å². The summed E-state index contributed by atoms with van der Waals surface area (Å²) in [5, 5.41) is 5.55. The molecule has 0 saturated carbocycles. The van der Waals surface area contributed by atoms with Gasteiger partial charge in [0.15, 0.2) is 0 Å². The molecule has 0 aliphatic carbocycles. The Labute approximate surface area is 171 Å². The molecule has 27 heavy (non-hydrogen) atoms. The average molecular weight is 403 g/mol. The number of nitrogens with two attached hydrogens (primary N) is 2. The molecule has 0 rings (SSSR count). The predicted molar refractivity (Wildman–Crippen MR) is 117 cm³/mol. The zero-order valence-corrected chi connectivity index (χ0v) is 18.1. The smallest absolute Gasteiger partial charge is 0.243 e. The third-order valence-corrected chi connectivity index (χ3v) is 5.07. The third-order valence-electron chi connectivity index (χ3n) is 4.70. The molecular formula is C20H42N4O2S. The zero-order valence-electron chi connectivity index (χ0n) is 17.2. The van der Waals surface area contributed by atoms with Gasteiger partial charge < -0.3 is 22.1 Å². The normalized spacial score (nSPS) is 13.2. The highest BCUT2D eigenvalue weighted by molar-refractivity contribution is 7.80. The number of carbonyl (C=O) groups excluding carboxylic acids is 2. The fourth-order valence-corrected chi connectivity index (χ4v) is 3.15. The van der Waals surface area contributed by atoms with Gasteiger partial charge in [0.25, 0.3) is 0 Å². The van der Waals surface area contributed by atoms with Crippen LogP contribution in [-0.2, 0) is 9.59 Å². The van der Waals surface area contributed by atoms with Gasteiger partial charge in [0.05, 0.1) is 6.04 Å².